The Kier molecular flexibility index (Phi) is 3.43. The highest BCUT2D eigenvalue weighted by Gasteiger charge is 2.14. The van der Waals surface area contributed by atoms with Gasteiger partial charge in [-0.3, -0.25) is 4.79 Å². The van der Waals surface area contributed by atoms with Gasteiger partial charge in [0.2, 0.25) is 5.78 Å². The van der Waals surface area contributed by atoms with Crippen LogP contribution in [0.15, 0.2) is 37.1 Å². The predicted octanol–water partition coefficient (Wildman–Crippen LogP) is 4.29. The van der Waals surface area contributed by atoms with Crippen molar-refractivity contribution >= 4 is 49.0 Å². The molecule has 0 aliphatic carbocycles. The molecular formula is C10H6Br2O2S. The van der Waals surface area contributed by atoms with Crippen molar-refractivity contribution in [1.29, 1.82) is 0 Å². The Bertz CT molecular complexity index is 487. The summed E-state index contributed by atoms with van der Waals surface area (Å²) in [4.78, 5) is 12.8. The molecule has 2 aromatic heterocycles. The SMILES string of the molecule is O=C(Cc1cc(Br)cs1)c1occc1Br. The lowest BCUT2D eigenvalue weighted by Crippen LogP contribution is -2.01. The predicted molar refractivity (Wildman–Crippen MR) is 66.5 cm³/mol. The van der Waals surface area contributed by atoms with Gasteiger partial charge in [0.25, 0.3) is 0 Å². The lowest BCUT2D eigenvalue weighted by atomic mass is 10.2. The van der Waals surface area contributed by atoms with Crippen LogP contribution in [0.1, 0.15) is 15.4 Å². The van der Waals surface area contributed by atoms with E-state index in [4.69, 9.17) is 4.42 Å². The number of hydrogen-bond donors (Lipinski definition) is 0. The summed E-state index contributed by atoms with van der Waals surface area (Å²) >= 11 is 8.17. The Labute approximate surface area is 108 Å². The number of ketones is 1. The van der Waals surface area contributed by atoms with Crippen molar-refractivity contribution in [3.05, 3.63) is 43.4 Å². The van der Waals surface area contributed by atoms with E-state index in [-0.39, 0.29) is 5.78 Å². The van der Waals surface area contributed by atoms with Gasteiger partial charge in [-0.15, -0.1) is 11.3 Å². The Morgan fingerprint density at radius 2 is 2.27 bits per heavy atom. The van der Waals surface area contributed by atoms with Gasteiger partial charge in [0.05, 0.1) is 10.7 Å². The highest BCUT2D eigenvalue weighted by atomic mass is 79.9. The minimum atomic E-state index is -0.0128. The lowest BCUT2D eigenvalue weighted by molar-refractivity contribution is 0.0966. The molecule has 0 aromatic carbocycles. The monoisotopic (exact) mass is 348 g/mol. The summed E-state index contributed by atoms with van der Waals surface area (Å²) < 4.78 is 6.82. The van der Waals surface area contributed by atoms with Gasteiger partial charge in [-0.2, -0.15) is 0 Å². The topological polar surface area (TPSA) is 30.2 Å². The zero-order valence-corrected chi connectivity index (χ0v) is 11.5. The second kappa shape index (κ2) is 4.63. The van der Waals surface area contributed by atoms with Gasteiger partial charge >= 0.3 is 0 Å². The maximum absolute atomic E-state index is 11.8. The maximum Gasteiger partial charge on any atom is 0.204 e. The summed E-state index contributed by atoms with van der Waals surface area (Å²) in [5.74, 6) is 0.376. The van der Waals surface area contributed by atoms with Gasteiger partial charge in [0.15, 0.2) is 5.76 Å². The molecule has 0 aliphatic heterocycles. The van der Waals surface area contributed by atoms with Crippen LogP contribution in [-0.4, -0.2) is 5.78 Å². The quantitative estimate of drug-likeness (QED) is 0.773. The number of rotatable bonds is 3. The molecule has 78 valence electrons. The van der Waals surface area contributed by atoms with E-state index in [9.17, 15) is 4.79 Å². The maximum atomic E-state index is 11.8. The van der Waals surface area contributed by atoms with E-state index < -0.39 is 0 Å². The van der Waals surface area contributed by atoms with Gasteiger partial charge in [-0.1, -0.05) is 0 Å². The zero-order chi connectivity index (χ0) is 10.8. The van der Waals surface area contributed by atoms with Crippen LogP contribution in [0.5, 0.6) is 0 Å². The van der Waals surface area contributed by atoms with Crippen molar-refractivity contribution in [3.8, 4) is 0 Å². The Hall–Kier alpha value is -0.390. The first-order chi connectivity index (χ1) is 7.16. The number of Topliss-reactive ketones (excluding diaryl/α,β-unsaturated/α-hetero) is 1. The highest BCUT2D eigenvalue weighted by molar-refractivity contribution is 9.10. The molecule has 0 aliphatic rings. The molecule has 15 heavy (non-hydrogen) atoms. The van der Waals surface area contributed by atoms with Crippen LogP contribution < -0.4 is 0 Å². The molecule has 2 aromatic rings. The molecule has 0 radical (unpaired) electrons. The fourth-order valence-electron chi connectivity index (χ4n) is 1.18. The minimum absolute atomic E-state index is 0.0128. The van der Waals surface area contributed by atoms with Crippen LogP contribution >= 0.6 is 43.2 Å². The summed E-state index contributed by atoms with van der Waals surface area (Å²) in [6.45, 7) is 0. The molecule has 0 spiro atoms. The first kappa shape index (κ1) is 11.1. The van der Waals surface area contributed by atoms with Crippen LogP contribution in [0.25, 0.3) is 0 Å². The molecule has 0 N–H and O–H groups in total. The van der Waals surface area contributed by atoms with Crippen molar-refractivity contribution in [2.24, 2.45) is 0 Å². The molecule has 0 fully saturated rings. The van der Waals surface area contributed by atoms with E-state index in [2.05, 4.69) is 31.9 Å². The number of carbonyl (C=O) groups is 1. The molecule has 0 saturated heterocycles. The van der Waals surface area contributed by atoms with Crippen LogP contribution in [0.3, 0.4) is 0 Å². The Morgan fingerprint density at radius 1 is 1.47 bits per heavy atom. The summed E-state index contributed by atoms with van der Waals surface area (Å²) in [7, 11) is 0. The first-order valence-electron chi connectivity index (χ1n) is 4.16. The average molecular weight is 350 g/mol. The largest absolute Gasteiger partial charge is 0.460 e. The van der Waals surface area contributed by atoms with Gasteiger partial charge in [-0.25, -0.2) is 0 Å². The fraction of sp³-hybridized carbons (Fsp3) is 0.100. The third kappa shape index (κ3) is 2.59. The van der Waals surface area contributed by atoms with E-state index >= 15 is 0 Å². The van der Waals surface area contributed by atoms with E-state index in [1.165, 1.54) is 6.26 Å². The van der Waals surface area contributed by atoms with Crippen molar-refractivity contribution in [1.82, 2.24) is 0 Å². The fourth-order valence-corrected chi connectivity index (χ4v) is 3.05. The standard InChI is InChI=1S/C10H6Br2O2S/c11-6-3-7(15-5-6)4-9(13)10-8(12)1-2-14-10/h1-3,5H,4H2. The number of carbonyl (C=O) groups excluding carboxylic acids is 1. The minimum Gasteiger partial charge on any atom is -0.460 e. The van der Waals surface area contributed by atoms with Crippen molar-refractivity contribution in [3.63, 3.8) is 0 Å². The molecule has 0 bridgehead atoms. The number of furan rings is 1. The second-order valence-corrected chi connectivity index (χ2v) is 5.69. The molecular weight excluding hydrogens is 344 g/mol. The normalized spacial score (nSPS) is 10.5. The molecule has 0 atom stereocenters. The molecule has 2 heterocycles. The molecule has 0 amide bonds. The zero-order valence-electron chi connectivity index (χ0n) is 7.50. The lowest BCUT2D eigenvalue weighted by Gasteiger charge is -1.95. The van der Waals surface area contributed by atoms with Crippen LogP contribution in [0.2, 0.25) is 0 Å². The van der Waals surface area contributed by atoms with Gasteiger partial charge in [0.1, 0.15) is 0 Å². The highest BCUT2D eigenvalue weighted by Crippen LogP contribution is 2.24. The molecule has 0 saturated carbocycles. The third-order valence-electron chi connectivity index (χ3n) is 1.83. The van der Waals surface area contributed by atoms with Crippen molar-refractivity contribution < 1.29 is 9.21 Å². The number of halogens is 2. The van der Waals surface area contributed by atoms with Crippen molar-refractivity contribution in [2.45, 2.75) is 6.42 Å². The van der Waals surface area contributed by atoms with E-state index in [1.807, 2.05) is 11.4 Å². The van der Waals surface area contributed by atoms with Crippen LogP contribution in [-0.2, 0) is 6.42 Å². The number of hydrogen-bond acceptors (Lipinski definition) is 3. The van der Waals surface area contributed by atoms with E-state index in [0.29, 0.717) is 16.7 Å². The molecule has 2 nitrogen and oxygen atoms in total. The van der Waals surface area contributed by atoms with Crippen LogP contribution in [0.4, 0.5) is 0 Å². The first-order valence-corrected chi connectivity index (χ1v) is 6.62. The van der Waals surface area contributed by atoms with Crippen LogP contribution in [0, 0.1) is 0 Å². The summed E-state index contributed by atoms with van der Waals surface area (Å²) in [5.41, 5.74) is 0. The second-order valence-electron chi connectivity index (χ2n) is 2.93. The average Bonchev–Trinajstić information content (AvgIpc) is 2.75. The molecule has 0 unspecified atom stereocenters. The van der Waals surface area contributed by atoms with Gasteiger partial charge < -0.3 is 4.42 Å². The Balaban J connectivity index is 2.14. The Morgan fingerprint density at radius 3 is 2.80 bits per heavy atom. The van der Waals surface area contributed by atoms with Crippen molar-refractivity contribution in [2.75, 3.05) is 0 Å². The summed E-state index contributed by atoms with van der Waals surface area (Å²) in [6.07, 6.45) is 1.88. The van der Waals surface area contributed by atoms with E-state index in [0.717, 1.165) is 9.35 Å². The molecule has 2 rings (SSSR count). The third-order valence-corrected chi connectivity index (χ3v) is 4.15. The van der Waals surface area contributed by atoms with Gasteiger partial charge in [0, 0.05) is 21.2 Å². The summed E-state index contributed by atoms with van der Waals surface area (Å²) in [5, 5.41) is 1.96. The smallest absolute Gasteiger partial charge is 0.204 e. The molecule has 5 heteroatoms. The summed E-state index contributed by atoms with van der Waals surface area (Å²) in [6, 6.07) is 3.66. The van der Waals surface area contributed by atoms with Gasteiger partial charge in [-0.05, 0) is 44.0 Å². The van der Waals surface area contributed by atoms with E-state index in [1.54, 1.807) is 17.4 Å². The number of thiophene rings is 1.